The Balaban J connectivity index is 2.45. The molecule has 0 aromatic carbocycles. The largest absolute Gasteiger partial charge is 0.438 e. The number of carbonyl (C=O) groups is 1. The smallest absolute Gasteiger partial charge is 0.387 e. The van der Waals surface area contributed by atoms with Gasteiger partial charge >= 0.3 is 5.76 Å². The zero-order valence-corrected chi connectivity index (χ0v) is 12.7. The number of carbonyl (C=O) groups excluding carboxylic acids is 1. The molecule has 0 aliphatic rings. The lowest BCUT2D eigenvalue weighted by Crippen LogP contribution is -2.38. The average Bonchev–Trinajstić information content (AvgIpc) is 2.99. The van der Waals surface area contributed by atoms with Crippen molar-refractivity contribution >= 4 is 17.2 Å². The summed E-state index contributed by atoms with van der Waals surface area (Å²) in [6.07, 6.45) is 0. The first-order valence-corrected chi connectivity index (χ1v) is 7.14. The van der Waals surface area contributed by atoms with Crippen LogP contribution in [-0.2, 0) is 4.79 Å². The highest BCUT2D eigenvalue weighted by atomic mass is 32.1. The van der Waals surface area contributed by atoms with E-state index >= 15 is 0 Å². The van der Waals surface area contributed by atoms with Gasteiger partial charge in [-0.2, -0.15) is 4.68 Å². The van der Waals surface area contributed by atoms with Crippen LogP contribution in [0.2, 0.25) is 0 Å². The molecule has 2 aromatic heterocycles. The minimum absolute atomic E-state index is 0.0658. The van der Waals surface area contributed by atoms with E-state index in [0.29, 0.717) is 0 Å². The first-order valence-electron chi connectivity index (χ1n) is 6.26. The van der Waals surface area contributed by atoms with Crippen molar-refractivity contribution in [1.82, 2.24) is 14.7 Å². The SMILES string of the molecule is CC(C)C(C(=O)N(C)C)n1nc(-c2cccs2)oc1=O. The van der Waals surface area contributed by atoms with Crippen LogP contribution in [0.3, 0.4) is 0 Å². The average molecular weight is 295 g/mol. The molecule has 0 N–H and O–H groups in total. The maximum absolute atomic E-state index is 12.2. The molecule has 20 heavy (non-hydrogen) atoms. The van der Waals surface area contributed by atoms with E-state index in [9.17, 15) is 9.59 Å². The zero-order chi connectivity index (χ0) is 14.9. The molecule has 0 spiro atoms. The Labute approximate surface area is 120 Å². The standard InChI is InChI=1S/C13H17N3O3S/c1-8(2)10(12(17)15(3)4)16-13(18)19-11(14-16)9-6-5-7-20-9/h5-8,10H,1-4H3. The summed E-state index contributed by atoms with van der Waals surface area (Å²) in [6.45, 7) is 3.75. The van der Waals surface area contributed by atoms with Crippen LogP contribution in [0.4, 0.5) is 0 Å². The molecule has 0 fully saturated rings. The van der Waals surface area contributed by atoms with E-state index in [1.165, 1.54) is 16.2 Å². The Morgan fingerprint density at radius 2 is 2.15 bits per heavy atom. The second-order valence-corrected chi connectivity index (χ2v) is 5.96. The summed E-state index contributed by atoms with van der Waals surface area (Å²) in [5, 5.41) is 6.05. The highest BCUT2D eigenvalue weighted by molar-refractivity contribution is 7.13. The van der Waals surface area contributed by atoms with Crippen molar-refractivity contribution < 1.29 is 9.21 Å². The fourth-order valence-electron chi connectivity index (χ4n) is 1.90. The third kappa shape index (κ3) is 2.67. The van der Waals surface area contributed by atoms with Gasteiger partial charge in [0.25, 0.3) is 5.89 Å². The monoisotopic (exact) mass is 295 g/mol. The van der Waals surface area contributed by atoms with Gasteiger partial charge in [0, 0.05) is 14.1 Å². The molecule has 0 aliphatic heterocycles. The molecule has 6 nitrogen and oxygen atoms in total. The Kier molecular flexibility index (Phi) is 4.08. The first kappa shape index (κ1) is 14.5. The van der Waals surface area contributed by atoms with Gasteiger partial charge in [0.15, 0.2) is 0 Å². The number of thiophene rings is 1. The maximum atomic E-state index is 12.2. The Morgan fingerprint density at radius 1 is 1.45 bits per heavy atom. The van der Waals surface area contributed by atoms with Gasteiger partial charge in [0.2, 0.25) is 5.91 Å². The maximum Gasteiger partial charge on any atom is 0.438 e. The normalized spacial score (nSPS) is 12.7. The minimum Gasteiger partial charge on any atom is -0.387 e. The number of hydrogen-bond donors (Lipinski definition) is 0. The predicted octanol–water partition coefficient (Wildman–Crippen LogP) is 1.85. The highest BCUT2D eigenvalue weighted by Crippen LogP contribution is 2.24. The lowest BCUT2D eigenvalue weighted by molar-refractivity contribution is -0.134. The molecule has 1 unspecified atom stereocenters. The van der Waals surface area contributed by atoms with Gasteiger partial charge < -0.3 is 9.32 Å². The summed E-state index contributed by atoms with van der Waals surface area (Å²) in [4.78, 5) is 26.4. The van der Waals surface area contributed by atoms with Crippen LogP contribution in [0.15, 0.2) is 26.7 Å². The van der Waals surface area contributed by atoms with Crippen molar-refractivity contribution in [2.75, 3.05) is 14.1 Å². The highest BCUT2D eigenvalue weighted by Gasteiger charge is 2.30. The Morgan fingerprint density at radius 3 is 2.65 bits per heavy atom. The third-order valence-corrected chi connectivity index (χ3v) is 3.75. The summed E-state index contributed by atoms with van der Waals surface area (Å²) >= 11 is 1.43. The van der Waals surface area contributed by atoms with E-state index in [4.69, 9.17) is 4.42 Å². The zero-order valence-electron chi connectivity index (χ0n) is 11.9. The van der Waals surface area contributed by atoms with Crippen LogP contribution in [0, 0.1) is 5.92 Å². The predicted molar refractivity (Wildman–Crippen MR) is 76.6 cm³/mol. The van der Waals surface area contributed by atoms with Crippen LogP contribution < -0.4 is 5.76 Å². The van der Waals surface area contributed by atoms with Crippen LogP contribution in [0.25, 0.3) is 10.8 Å². The summed E-state index contributed by atoms with van der Waals surface area (Å²) in [7, 11) is 3.31. The minimum atomic E-state index is -0.657. The molecule has 0 saturated carbocycles. The van der Waals surface area contributed by atoms with Gasteiger partial charge in [0.1, 0.15) is 6.04 Å². The fourth-order valence-corrected chi connectivity index (χ4v) is 2.55. The number of rotatable bonds is 4. The number of nitrogens with zero attached hydrogens (tertiary/aromatic N) is 3. The van der Waals surface area contributed by atoms with Crippen LogP contribution in [0.5, 0.6) is 0 Å². The fraction of sp³-hybridized carbons (Fsp3) is 0.462. The van der Waals surface area contributed by atoms with Crippen molar-refractivity contribution in [2.24, 2.45) is 5.92 Å². The molecule has 0 saturated heterocycles. The quantitative estimate of drug-likeness (QED) is 0.863. The second kappa shape index (κ2) is 5.62. The van der Waals surface area contributed by atoms with Gasteiger partial charge in [-0.05, 0) is 17.4 Å². The van der Waals surface area contributed by atoms with Crippen LogP contribution >= 0.6 is 11.3 Å². The molecule has 2 heterocycles. The molecule has 0 bridgehead atoms. The first-order chi connectivity index (χ1) is 9.41. The van der Waals surface area contributed by atoms with E-state index in [1.54, 1.807) is 14.1 Å². The lowest BCUT2D eigenvalue weighted by atomic mass is 10.0. The molecule has 7 heteroatoms. The van der Waals surface area contributed by atoms with Crippen molar-refractivity contribution in [1.29, 1.82) is 0 Å². The molecule has 2 aromatic rings. The van der Waals surface area contributed by atoms with E-state index in [0.717, 1.165) is 9.56 Å². The van der Waals surface area contributed by atoms with E-state index in [-0.39, 0.29) is 17.7 Å². The topological polar surface area (TPSA) is 68.3 Å². The van der Waals surface area contributed by atoms with E-state index in [1.807, 2.05) is 31.4 Å². The van der Waals surface area contributed by atoms with Crippen LogP contribution in [0.1, 0.15) is 19.9 Å². The Hall–Kier alpha value is -1.89. The molecule has 0 aliphatic carbocycles. The molecule has 0 radical (unpaired) electrons. The van der Waals surface area contributed by atoms with Gasteiger partial charge in [-0.25, -0.2) is 4.79 Å². The van der Waals surface area contributed by atoms with E-state index in [2.05, 4.69) is 5.10 Å². The molecule has 1 amide bonds. The number of amides is 1. The number of likely N-dealkylation sites (N-methyl/N-ethyl adjacent to an activating group) is 1. The molecular formula is C13H17N3O3S. The third-order valence-electron chi connectivity index (χ3n) is 2.89. The van der Waals surface area contributed by atoms with Crippen molar-refractivity contribution in [3.05, 3.63) is 28.1 Å². The van der Waals surface area contributed by atoms with Gasteiger partial charge in [-0.3, -0.25) is 4.79 Å². The Bertz CT molecular complexity index is 640. The molecule has 1 atom stereocenters. The van der Waals surface area contributed by atoms with Crippen molar-refractivity contribution in [3.8, 4) is 10.8 Å². The summed E-state index contributed by atoms with van der Waals surface area (Å²) in [6, 6.07) is 3.01. The number of hydrogen-bond acceptors (Lipinski definition) is 5. The molecular weight excluding hydrogens is 278 g/mol. The molecule has 2 rings (SSSR count). The van der Waals surface area contributed by atoms with Crippen LogP contribution in [-0.4, -0.2) is 34.7 Å². The number of aromatic nitrogens is 2. The lowest BCUT2D eigenvalue weighted by Gasteiger charge is -2.22. The van der Waals surface area contributed by atoms with E-state index < -0.39 is 11.8 Å². The summed E-state index contributed by atoms with van der Waals surface area (Å²) in [5.41, 5.74) is 0. The van der Waals surface area contributed by atoms with Gasteiger partial charge in [0.05, 0.1) is 4.88 Å². The van der Waals surface area contributed by atoms with Gasteiger partial charge in [-0.1, -0.05) is 19.9 Å². The van der Waals surface area contributed by atoms with Gasteiger partial charge in [-0.15, -0.1) is 16.4 Å². The van der Waals surface area contributed by atoms with Crippen molar-refractivity contribution in [2.45, 2.75) is 19.9 Å². The van der Waals surface area contributed by atoms with Crippen molar-refractivity contribution in [3.63, 3.8) is 0 Å². The molecule has 108 valence electrons. The summed E-state index contributed by atoms with van der Waals surface area (Å²) < 4.78 is 6.30. The second-order valence-electron chi connectivity index (χ2n) is 5.02. The summed E-state index contributed by atoms with van der Waals surface area (Å²) in [5.74, 6) is -0.596.